The zero-order valence-corrected chi connectivity index (χ0v) is 12.3. The molecule has 0 saturated carbocycles. The maximum Gasteiger partial charge on any atom is 0.0688 e. The lowest BCUT2D eigenvalue weighted by Crippen LogP contribution is -2.22. The molecule has 0 aliphatic carbocycles. The third kappa shape index (κ3) is 2.77. The lowest BCUT2D eigenvalue weighted by atomic mass is 9.97. The number of hydrogen-bond donors (Lipinski definition) is 1. The van der Waals surface area contributed by atoms with Crippen molar-refractivity contribution in [2.75, 3.05) is 6.54 Å². The van der Waals surface area contributed by atoms with Crippen LogP contribution in [0.1, 0.15) is 35.9 Å². The maximum absolute atomic E-state index is 6.29. The van der Waals surface area contributed by atoms with Gasteiger partial charge in [0.05, 0.1) is 11.1 Å². The van der Waals surface area contributed by atoms with E-state index in [-0.39, 0.29) is 6.04 Å². The number of thiophene rings is 1. The first-order chi connectivity index (χ1) is 8.77. The summed E-state index contributed by atoms with van der Waals surface area (Å²) in [6.45, 7) is 5.25. The predicted octanol–water partition coefficient (Wildman–Crippen LogP) is 4.66. The second kappa shape index (κ2) is 6.37. The summed E-state index contributed by atoms with van der Waals surface area (Å²) in [5.41, 5.74) is 2.72. The topological polar surface area (TPSA) is 12.0 Å². The zero-order valence-electron chi connectivity index (χ0n) is 10.7. The minimum atomic E-state index is 0.207. The Kier molecular flexibility index (Phi) is 4.81. The molecule has 1 atom stereocenters. The van der Waals surface area contributed by atoms with Gasteiger partial charge in [-0.3, -0.25) is 0 Å². The molecule has 1 unspecified atom stereocenters. The van der Waals surface area contributed by atoms with Crippen LogP contribution in [0.5, 0.6) is 0 Å². The third-order valence-electron chi connectivity index (χ3n) is 3.06. The van der Waals surface area contributed by atoms with E-state index in [0.29, 0.717) is 0 Å². The van der Waals surface area contributed by atoms with E-state index in [4.69, 9.17) is 11.6 Å². The van der Waals surface area contributed by atoms with Crippen LogP contribution in [0.3, 0.4) is 0 Å². The monoisotopic (exact) mass is 279 g/mol. The fourth-order valence-corrected chi connectivity index (χ4v) is 3.46. The van der Waals surface area contributed by atoms with Gasteiger partial charge in [-0.05, 0) is 35.5 Å². The quantitative estimate of drug-likeness (QED) is 0.839. The Morgan fingerprint density at radius 2 is 2.00 bits per heavy atom. The van der Waals surface area contributed by atoms with Crippen molar-refractivity contribution in [2.45, 2.75) is 26.3 Å². The maximum atomic E-state index is 6.29. The molecule has 1 nitrogen and oxygen atoms in total. The van der Waals surface area contributed by atoms with Gasteiger partial charge in [-0.1, -0.05) is 49.7 Å². The Hall–Kier alpha value is -0.830. The van der Waals surface area contributed by atoms with Crippen LogP contribution in [0.2, 0.25) is 5.02 Å². The highest BCUT2D eigenvalue weighted by Crippen LogP contribution is 2.34. The zero-order chi connectivity index (χ0) is 13.0. The summed E-state index contributed by atoms with van der Waals surface area (Å²) in [4.78, 5) is 1.21. The standard InChI is InChI=1S/C15H18ClNS/c1-3-11-7-5-6-8-12(11)14(17-4-2)15-13(16)9-10-18-15/h5-10,14,17H,3-4H2,1-2H3. The minimum absolute atomic E-state index is 0.207. The molecule has 0 spiro atoms. The Morgan fingerprint density at radius 1 is 1.22 bits per heavy atom. The van der Waals surface area contributed by atoms with Gasteiger partial charge in [0, 0.05) is 4.88 Å². The highest BCUT2D eigenvalue weighted by molar-refractivity contribution is 7.10. The second-order valence-corrected chi connectivity index (χ2v) is 5.53. The average molecular weight is 280 g/mol. The molecule has 0 aliphatic rings. The van der Waals surface area contributed by atoms with Gasteiger partial charge in [0.2, 0.25) is 0 Å². The van der Waals surface area contributed by atoms with Crippen LogP contribution in [0.15, 0.2) is 35.7 Å². The summed E-state index contributed by atoms with van der Waals surface area (Å²) in [6, 6.07) is 10.8. The van der Waals surface area contributed by atoms with Crippen molar-refractivity contribution in [3.63, 3.8) is 0 Å². The highest BCUT2D eigenvalue weighted by atomic mass is 35.5. The third-order valence-corrected chi connectivity index (χ3v) is 4.49. The Balaban J connectivity index is 2.45. The molecule has 1 N–H and O–H groups in total. The van der Waals surface area contributed by atoms with Gasteiger partial charge in [-0.15, -0.1) is 11.3 Å². The molecule has 2 aromatic rings. The molecule has 0 saturated heterocycles. The predicted molar refractivity (Wildman–Crippen MR) is 80.7 cm³/mol. The van der Waals surface area contributed by atoms with Gasteiger partial charge >= 0.3 is 0 Å². The Labute approximate surface area is 118 Å². The molecule has 2 rings (SSSR count). The number of halogens is 1. The van der Waals surface area contributed by atoms with E-state index in [9.17, 15) is 0 Å². The summed E-state index contributed by atoms with van der Waals surface area (Å²) in [5.74, 6) is 0. The Morgan fingerprint density at radius 3 is 2.61 bits per heavy atom. The van der Waals surface area contributed by atoms with Crippen molar-refractivity contribution in [2.24, 2.45) is 0 Å². The highest BCUT2D eigenvalue weighted by Gasteiger charge is 2.19. The first-order valence-corrected chi connectivity index (χ1v) is 7.57. The summed E-state index contributed by atoms with van der Waals surface area (Å²) in [7, 11) is 0. The number of nitrogens with one attached hydrogen (secondary N) is 1. The molecule has 1 heterocycles. The molecule has 3 heteroatoms. The summed E-state index contributed by atoms with van der Waals surface area (Å²) in [5, 5.41) is 6.45. The smallest absolute Gasteiger partial charge is 0.0688 e. The molecule has 0 fully saturated rings. The molecule has 0 amide bonds. The van der Waals surface area contributed by atoms with E-state index >= 15 is 0 Å². The van der Waals surface area contributed by atoms with Crippen molar-refractivity contribution in [1.82, 2.24) is 5.32 Å². The van der Waals surface area contributed by atoms with Gasteiger partial charge in [0.1, 0.15) is 0 Å². The summed E-state index contributed by atoms with van der Waals surface area (Å²) in [6.07, 6.45) is 1.04. The van der Waals surface area contributed by atoms with Crippen LogP contribution >= 0.6 is 22.9 Å². The molecule has 1 aromatic heterocycles. The first-order valence-electron chi connectivity index (χ1n) is 6.32. The summed E-state index contributed by atoms with van der Waals surface area (Å²) >= 11 is 8.00. The number of rotatable bonds is 5. The molecule has 18 heavy (non-hydrogen) atoms. The SMILES string of the molecule is CCNC(c1ccccc1CC)c1sccc1Cl. The number of benzene rings is 1. The number of aryl methyl sites for hydroxylation is 1. The summed E-state index contributed by atoms with van der Waals surface area (Å²) < 4.78 is 0. The van der Waals surface area contributed by atoms with Crippen LogP contribution in [0.25, 0.3) is 0 Å². The van der Waals surface area contributed by atoms with E-state index in [1.54, 1.807) is 11.3 Å². The molecule has 0 bridgehead atoms. The largest absolute Gasteiger partial charge is 0.306 e. The van der Waals surface area contributed by atoms with E-state index in [0.717, 1.165) is 18.0 Å². The molecular formula is C15H18ClNS. The van der Waals surface area contributed by atoms with Crippen molar-refractivity contribution >= 4 is 22.9 Å². The van der Waals surface area contributed by atoms with Crippen LogP contribution in [-0.4, -0.2) is 6.54 Å². The van der Waals surface area contributed by atoms with E-state index in [1.807, 2.05) is 6.07 Å². The average Bonchev–Trinajstić information content (AvgIpc) is 2.82. The van der Waals surface area contributed by atoms with Crippen LogP contribution in [0.4, 0.5) is 0 Å². The van der Waals surface area contributed by atoms with Gasteiger partial charge in [-0.2, -0.15) is 0 Å². The van der Waals surface area contributed by atoms with Crippen molar-refractivity contribution in [3.8, 4) is 0 Å². The molecule has 96 valence electrons. The normalized spacial score (nSPS) is 12.6. The Bertz CT molecular complexity index is 507. The van der Waals surface area contributed by atoms with Gasteiger partial charge in [0.25, 0.3) is 0 Å². The number of hydrogen-bond acceptors (Lipinski definition) is 2. The van der Waals surface area contributed by atoms with Gasteiger partial charge < -0.3 is 5.32 Å². The van der Waals surface area contributed by atoms with E-state index in [1.165, 1.54) is 16.0 Å². The molecule has 0 radical (unpaired) electrons. The van der Waals surface area contributed by atoms with E-state index < -0.39 is 0 Å². The van der Waals surface area contributed by atoms with Gasteiger partial charge in [0.15, 0.2) is 0 Å². The molecule has 0 aliphatic heterocycles. The van der Waals surface area contributed by atoms with Crippen molar-refractivity contribution in [1.29, 1.82) is 0 Å². The van der Waals surface area contributed by atoms with Crippen molar-refractivity contribution < 1.29 is 0 Å². The minimum Gasteiger partial charge on any atom is -0.306 e. The fourth-order valence-electron chi connectivity index (χ4n) is 2.20. The lowest BCUT2D eigenvalue weighted by molar-refractivity contribution is 0.634. The van der Waals surface area contributed by atoms with Crippen molar-refractivity contribution in [3.05, 3.63) is 56.7 Å². The van der Waals surface area contributed by atoms with E-state index in [2.05, 4.69) is 48.8 Å². The molecular weight excluding hydrogens is 262 g/mol. The van der Waals surface area contributed by atoms with Crippen LogP contribution in [-0.2, 0) is 6.42 Å². The lowest BCUT2D eigenvalue weighted by Gasteiger charge is -2.20. The van der Waals surface area contributed by atoms with Crippen LogP contribution < -0.4 is 5.32 Å². The second-order valence-electron chi connectivity index (χ2n) is 4.18. The molecule has 1 aromatic carbocycles. The fraction of sp³-hybridized carbons (Fsp3) is 0.333. The first kappa shape index (κ1) is 13.6. The van der Waals surface area contributed by atoms with Gasteiger partial charge in [-0.25, -0.2) is 0 Å². The van der Waals surface area contributed by atoms with Crippen LogP contribution in [0, 0.1) is 0 Å².